The van der Waals surface area contributed by atoms with Crippen molar-refractivity contribution in [1.82, 2.24) is 0 Å². The number of hydrogen-bond donors (Lipinski definition) is 1. The average Bonchev–Trinajstić information content (AvgIpc) is 2.47. The molecule has 0 atom stereocenters. The lowest BCUT2D eigenvalue weighted by Crippen LogP contribution is -1.95. The van der Waals surface area contributed by atoms with Gasteiger partial charge in [0.15, 0.2) is 0 Å². The minimum atomic E-state index is 0.402. The van der Waals surface area contributed by atoms with Gasteiger partial charge in [-0.1, -0.05) is 25.5 Å². The summed E-state index contributed by atoms with van der Waals surface area (Å²) in [4.78, 5) is 1.14. The van der Waals surface area contributed by atoms with Crippen LogP contribution >= 0.6 is 11.9 Å². The van der Waals surface area contributed by atoms with E-state index >= 15 is 0 Å². The standard InChI is InChI=1S/C6H11NS/c1-5(8-7)6(2)3-4-6/h1,3-4,7H2,2H3. The molecule has 1 aliphatic carbocycles. The molecule has 0 radical (unpaired) electrons. The summed E-state index contributed by atoms with van der Waals surface area (Å²) in [6.45, 7) is 6.05. The van der Waals surface area contributed by atoms with E-state index in [1.54, 1.807) is 0 Å². The highest BCUT2D eigenvalue weighted by atomic mass is 32.2. The zero-order chi connectivity index (χ0) is 6.20. The van der Waals surface area contributed by atoms with E-state index in [0.717, 1.165) is 4.91 Å². The lowest BCUT2D eigenvalue weighted by atomic mass is 10.1. The molecule has 8 heavy (non-hydrogen) atoms. The summed E-state index contributed by atoms with van der Waals surface area (Å²) in [6.07, 6.45) is 2.55. The quantitative estimate of drug-likeness (QED) is 0.576. The molecule has 2 N–H and O–H groups in total. The summed E-state index contributed by atoms with van der Waals surface area (Å²) < 4.78 is 0. The van der Waals surface area contributed by atoms with Gasteiger partial charge >= 0.3 is 0 Å². The van der Waals surface area contributed by atoms with Gasteiger partial charge in [0.1, 0.15) is 0 Å². The normalized spacial score (nSPS) is 22.8. The van der Waals surface area contributed by atoms with Gasteiger partial charge < -0.3 is 0 Å². The van der Waals surface area contributed by atoms with Crippen molar-refractivity contribution in [3.8, 4) is 0 Å². The topological polar surface area (TPSA) is 26.0 Å². The van der Waals surface area contributed by atoms with Crippen molar-refractivity contribution >= 4 is 11.9 Å². The van der Waals surface area contributed by atoms with Crippen molar-refractivity contribution in [2.75, 3.05) is 0 Å². The summed E-state index contributed by atoms with van der Waals surface area (Å²) in [5.41, 5.74) is 0.402. The van der Waals surface area contributed by atoms with Crippen LogP contribution in [0.5, 0.6) is 0 Å². The van der Waals surface area contributed by atoms with Crippen LogP contribution in [-0.2, 0) is 0 Å². The molecule has 1 aliphatic rings. The summed E-state index contributed by atoms with van der Waals surface area (Å²) in [5.74, 6) is 0. The molecule has 1 fully saturated rings. The van der Waals surface area contributed by atoms with Gasteiger partial charge in [-0.25, -0.2) is 0 Å². The Morgan fingerprint density at radius 2 is 2.25 bits per heavy atom. The molecular weight excluding hydrogens is 118 g/mol. The third-order valence-corrected chi connectivity index (χ3v) is 2.59. The van der Waals surface area contributed by atoms with Crippen molar-refractivity contribution in [2.24, 2.45) is 10.6 Å². The van der Waals surface area contributed by atoms with Crippen LogP contribution in [0.25, 0.3) is 0 Å². The predicted molar refractivity (Wildman–Crippen MR) is 38.3 cm³/mol. The summed E-state index contributed by atoms with van der Waals surface area (Å²) >= 11 is 1.30. The van der Waals surface area contributed by atoms with E-state index in [1.807, 2.05) is 0 Å². The van der Waals surface area contributed by atoms with Crippen LogP contribution in [0.2, 0.25) is 0 Å². The van der Waals surface area contributed by atoms with E-state index < -0.39 is 0 Å². The van der Waals surface area contributed by atoms with Crippen LogP contribution in [0, 0.1) is 5.41 Å². The van der Waals surface area contributed by atoms with E-state index in [0.29, 0.717) is 5.41 Å². The van der Waals surface area contributed by atoms with Gasteiger partial charge in [0, 0.05) is 0 Å². The first kappa shape index (κ1) is 6.17. The fourth-order valence-corrected chi connectivity index (χ4v) is 1.10. The van der Waals surface area contributed by atoms with Crippen LogP contribution in [0.3, 0.4) is 0 Å². The van der Waals surface area contributed by atoms with Crippen LogP contribution in [-0.4, -0.2) is 0 Å². The molecule has 0 aromatic heterocycles. The van der Waals surface area contributed by atoms with Crippen molar-refractivity contribution < 1.29 is 0 Å². The van der Waals surface area contributed by atoms with Gasteiger partial charge in [-0.2, -0.15) is 0 Å². The molecule has 0 saturated heterocycles. The molecule has 2 heteroatoms. The summed E-state index contributed by atoms with van der Waals surface area (Å²) in [5, 5.41) is 5.32. The monoisotopic (exact) mass is 129 g/mol. The molecule has 0 bridgehead atoms. The van der Waals surface area contributed by atoms with Crippen LogP contribution < -0.4 is 5.14 Å². The Hall–Kier alpha value is 0.0500. The van der Waals surface area contributed by atoms with Crippen molar-refractivity contribution in [3.05, 3.63) is 11.5 Å². The fourth-order valence-electron chi connectivity index (χ4n) is 0.609. The Morgan fingerprint density at radius 3 is 2.38 bits per heavy atom. The molecule has 0 aliphatic heterocycles. The molecule has 0 unspecified atom stereocenters. The second-order valence-corrected chi connectivity index (χ2v) is 3.33. The zero-order valence-corrected chi connectivity index (χ0v) is 5.92. The molecule has 0 aromatic rings. The minimum Gasteiger partial charge on any atom is -0.274 e. The molecule has 0 heterocycles. The largest absolute Gasteiger partial charge is 0.274 e. The molecule has 0 aromatic carbocycles. The number of rotatable bonds is 2. The van der Waals surface area contributed by atoms with E-state index in [-0.39, 0.29) is 0 Å². The van der Waals surface area contributed by atoms with E-state index in [1.165, 1.54) is 24.8 Å². The Bertz CT molecular complexity index is 116. The van der Waals surface area contributed by atoms with Gasteiger partial charge in [0.05, 0.1) is 0 Å². The second-order valence-electron chi connectivity index (χ2n) is 2.60. The lowest BCUT2D eigenvalue weighted by Gasteiger charge is -2.06. The predicted octanol–water partition coefficient (Wildman–Crippen LogP) is 1.91. The van der Waals surface area contributed by atoms with E-state index in [4.69, 9.17) is 5.14 Å². The Balaban J connectivity index is 2.46. The van der Waals surface area contributed by atoms with E-state index in [9.17, 15) is 0 Å². The highest BCUT2D eigenvalue weighted by molar-refractivity contribution is 8.00. The van der Waals surface area contributed by atoms with Crippen LogP contribution in [0.4, 0.5) is 0 Å². The first-order valence-corrected chi connectivity index (χ1v) is 3.63. The average molecular weight is 129 g/mol. The Kier molecular flexibility index (Phi) is 1.37. The summed E-state index contributed by atoms with van der Waals surface area (Å²) in [6, 6.07) is 0. The first-order chi connectivity index (χ1) is 3.69. The van der Waals surface area contributed by atoms with Gasteiger partial charge in [-0.05, 0) is 23.2 Å². The van der Waals surface area contributed by atoms with Crippen molar-refractivity contribution in [2.45, 2.75) is 19.8 Å². The smallest absolute Gasteiger partial charge is 0.000789 e. The van der Waals surface area contributed by atoms with Crippen molar-refractivity contribution in [3.63, 3.8) is 0 Å². The molecule has 0 spiro atoms. The second kappa shape index (κ2) is 1.78. The fraction of sp³-hybridized carbons (Fsp3) is 0.667. The molecule has 0 amide bonds. The molecule has 1 nitrogen and oxygen atoms in total. The maximum Gasteiger partial charge on any atom is -0.000789 e. The molecular formula is C6H11NS. The van der Waals surface area contributed by atoms with Gasteiger partial charge in [0.25, 0.3) is 0 Å². The molecule has 1 saturated carbocycles. The Morgan fingerprint density at radius 1 is 1.75 bits per heavy atom. The zero-order valence-electron chi connectivity index (χ0n) is 5.11. The number of allylic oxidation sites excluding steroid dienone is 1. The maximum absolute atomic E-state index is 5.32. The van der Waals surface area contributed by atoms with Crippen LogP contribution in [0.1, 0.15) is 19.8 Å². The first-order valence-electron chi connectivity index (χ1n) is 2.75. The van der Waals surface area contributed by atoms with Gasteiger partial charge in [0.2, 0.25) is 0 Å². The Labute approximate surface area is 54.5 Å². The highest BCUT2D eigenvalue weighted by Crippen LogP contribution is 2.53. The molecule has 1 rings (SSSR count). The number of hydrogen-bond acceptors (Lipinski definition) is 2. The molecule has 46 valence electrons. The lowest BCUT2D eigenvalue weighted by molar-refractivity contribution is 0.736. The third kappa shape index (κ3) is 0.906. The van der Waals surface area contributed by atoms with Gasteiger partial charge in [-0.15, -0.1) is 0 Å². The minimum absolute atomic E-state index is 0.402. The maximum atomic E-state index is 5.32. The van der Waals surface area contributed by atoms with Gasteiger partial charge in [-0.3, -0.25) is 5.14 Å². The van der Waals surface area contributed by atoms with Crippen molar-refractivity contribution in [1.29, 1.82) is 0 Å². The SMILES string of the molecule is C=C(SN)C1(C)CC1. The van der Waals surface area contributed by atoms with Crippen LogP contribution in [0.15, 0.2) is 11.5 Å². The number of nitrogens with two attached hydrogens (primary N) is 1. The highest BCUT2D eigenvalue weighted by Gasteiger charge is 2.39. The summed E-state index contributed by atoms with van der Waals surface area (Å²) in [7, 11) is 0. The third-order valence-electron chi connectivity index (χ3n) is 1.82. The van der Waals surface area contributed by atoms with E-state index in [2.05, 4.69) is 13.5 Å².